The molecule has 1 heterocycles. The predicted molar refractivity (Wildman–Crippen MR) is 54.9 cm³/mol. The second-order valence-electron chi connectivity index (χ2n) is 4.50. The van der Waals surface area contributed by atoms with E-state index in [2.05, 4.69) is 29.0 Å². The Morgan fingerprint density at radius 1 is 1.50 bits per heavy atom. The number of hydrogen-bond donors (Lipinski definition) is 2. The van der Waals surface area contributed by atoms with Gasteiger partial charge < -0.3 is 5.73 Å². The van der Waals surface area contributed by atoms with Crippen molar-refractivity contribution in [3.05, 3.63) is 11.6 Å². The van der Waals surface area contributed by atoms with Gasteiger partial charge in [-0.1, -0.05) is 13.8 Å². The molecule has 4 nitrogen and oxygen atoms in total. The lowest BCUT2D eigenvalue weighted by Crippen LogP contribution is -2.25. The van der Waals surface area contributed by atoms with Crippen molar-refractivity contribution in [2.24, 2.45) is 11.7 Å². The summed E-state index contributed by atoms with van der Waals surface area (Å²) in [6.07, 6.45) is 3.41. The van der Waals surface area contributed by atoms with Crippen LogP contribution < -0.4 is 5.73 Å². The Balaban J connectivity index is 1.95. The molecular weight excluding hydrogens is 176 g/mol. The van der Waals surface area contributed by atoms with Gasteiger partial charge in [0.2, 0.25) is 0 Å². The lowest BCUT2D eigenvalue weighted by Gasteiger charge is -2.06. The van der Waals surface area contributed by atoms with E-state index < -0.39 is 0 Å². The minimum Gasteiger partial charge on any atom is -0.327 e. The van der Waals surface area contributed by atoms with Crippen LogP contribution in [0, 0.1) is 5.92 Å². The highest BCUT2D eigenvalue weighted by atomic mass is 15.2. The molecular formula is C10H18N4. The fourth-order valence-corrected chi connectivity index (χ4v) is 1.57. The zero-order valence-electron chi connectivity index (χ0n) is 8.83. The summed E-state index contributed by atoms with van der Waals surface area (Å²) in [7, 11) is 0. The Labute approximate surface area is 84.3 Å². The molecule has 0 bridgehead atoms. The molecule has 1 aromatic rings. The lowest BCUT2D eigenvalue weighted by atomic mass is 10.1. The van der Waals surface area contributed by atoms with Crippen molar-refractivity contribution in [3.8, 4) is 0 Å². The molecule has 0 saturated heterocycles. The second-order valence-corrected chi connectivity index (χ2v) is 4.50. The maximum Gasteiger partial charge on any atom is 0.153 e. The van der Waals surface area contributed by atoms with E-state index in [-0.39, 0.29) is 6.04 Å². The highest BCUT2D eigenvalue weighted by Crippen LogP contribution is 2.32. The Bertz CT molecular complexity index is 301. The number of aromatic nitrogens is 3. The van der Waals surface area contributed by atoms with Gasteiger partial charge in [-0.3, -0.25) is 5.10 Å². The van der Waals surface area contributed by atoms with Crippen molar-refractivity contribution in [3.63, 3.8) is 0 Å². The molecule has 14 heavy (non-hydrogen) atoms. The van der Waals surface area contributed by atoms with Gasteiger partial charge in [0.25, 0.3) is 0 Å². The maximum atomic E-state index is 6.01. The molecule has 1 fully saturated rings. The van der Waals surface area contributed by atoms with Crippen molar-refractivity contribution in [2.75, 3.05) is 0 Å². The van der Waals surface area contributed by atoms with Crippen LogP contribution in [0.5, 0.6) is 0 Å². The standard InChI is InChI=1S/C10H18N4/c1-6(2)10-12-9(13-14-10)5-8(11)7-3-4-7/h6-8H,3-5,11H2,1-2H3,(H,12,13,14). The summed E-state index contributed by atoms with van der Waals surface area (Å²) in [6, 6.07) is 0.267. The summed E-state index contributed by atoms with van der Waals surface area (Å²) in [5, 5.41) is 7.12. The Morgan fingerprint density at radius 3 is 2.71 bits per heavy atom. The topological polar surface area (TPSA) is 67.6 Å². The van der Waals surface area contributed by atoms with Crippen LogP contribution >= 0.6 is 0 Å². The van der Waals surface area contributed by atoms with Crippen molar-refractivity contribution >= 4 is 0 Å². The molecule has 2 rings (SSSR count). The van der Waals surface area contributed by atoms with Crippen LogP contribution in [0.3, 0.4) is 0 Å². The smallest absolute Gasteiger partial charge is 0.153 e. The molecule has 1 aliphatic carbocycles. The minimum atomic E-state index is 0.267. The third kappa shape index (κ3) is 2.12. The number of nitrogens with two attached hydrogens (primary N) is 1. The number of nitrogens with zero attached hydrogens (tertiary/aromatic N) is 2. The molecule has 0 aliphatic heterocycles. The van der Waals surface area contributed by atoms with E-state index in [0.717, 1.165) is 24.0 Å². The summed E-state index contributed by atoms with van der Waals surface area (Å²) in [6.45, 7) is 4.18. The first kappa shape index (κ1) is 9.65. The maximum absolute atomic E-state index is 6.01. The SMILES string of the molecule is CC(C)c1n[nH]c(CC(N)C2CC2)n1. The number of rotatable bonds is 4. The molecule has 1 unspecified atom stereocenters. The van der Waals surface area contributed by atoms with Crippen LogP contribution in [-0.2, 0) is 6.42 Å². The van der Waals surface area contributed by atoms with Crippen LogP contribution in [0.2, 0.25) is 0 Å². The van der Waals surface area contributed by atoms with Gasteiger partial charge in [0.05, 0.1) is 0 Å². The van der Waals surface area contributed by atoms with Gasteiger partial charge in [-0.25, -0.2) is 4.98 Å². The molecule has 0 amide bonds. The van der Waals surface area contributed by atoms with Gasteiger partial charge in [0, 0.05) is 18.4 Å². The summed E-state index contributed by atoms with van der Waals surface area (Å²) in [4.78, 5) is 4.41. The normalized spacial score (nSPS) is 18.9. The summed E-state index contributed by atoms with van der Waals surface area (Å²) in [5.74, 6) is 2.94. The summed E-state index contributed by atoms with van der Waals surface area (Å²) in [5.41, 5.74) is 6.01. The number of aromatic amines is 1. The van der Waals surface area contributed by atoms with Crippen LogP contribution in [0.15, 0.2) is 0 Å². The van der Waals surface area contributed by atoms with E-state index in [4.69, 9.17) is 5.73 Å². The van der Waals surface area contributed by atoms with Gasteiger partial charge in [0.1, 0.15) is 5.82 Å². The van der Waals surface area contributed by atoms with Crippen molar-refractivity contribution in [1.29, 1.82) is 0 Å². The Morgan fingerprint density at radius 2 is 2.21 bits per heavy atom. The average molecular weight is 194 g/mol. The zero-order valence-corrected chi connectivity index (χ0v) is 8.83. The fraction of sp³-hybridized carbons (Fsp3) is 0.800. The molecule has 3 N–H and O–H groups in total. The van der Waals surface area contributed by atoms with Crippen LogP contribution in [-0.4, -0.2) is 21.2 Å². The Kier molecular flexibility index (Phi) is 2.54. The summed E-state index contributed by atoms with van der Waals surface area (Å²) < 4.78 is 0. The summed E-state index contributed by atoms with van der Waals surface area (Å²) >= 11 is 0. The molecule has 1 aliphatic rings. The molecule has 1 aromatic heterocycles. The van der Waals surface area contributed by atoms with Crippen molar-refractivity contribution < 1.29 is 0 Å². The van der Waals surface area contributed by atoms with Crippen molar-refractivity contribution in [2.45, 2.75) is 45.1 Å². The van der Waals surface area contributed by atoms with Gasteiger partial charge in [-0.2, -0.15) is 5.10 Å². The average Bonchev–Trinajstić information content (AvgIpc) is 2.87. The third-order valence-corrected chi connectivity index (χ3v) is 2.72. The highest BCUT2D eigenvalue weighted by Gasteiger charge is 2.29. The first-order chi connectivity index (χ1) is 6.66. The number of H-pyrrole nitrogens is 1. The highest BCUT2D eigenvalue weighted by molar-refractivity contribution is 4.98. The van der Waals surface area contributed by atoms with Crippen molar-refractivity contribution in [1.82, 2.24) is 15.2 Å². The lowest BCUT2D eigenvalue weighted by molar-refractivity contribution is 0.576. The number of hydrogen-bond acceptors (Lipinski definition) is 3. The minimum absolute atomic E-state index is 0.267. The monoisotopic (exact) mass is 194 g/mol. The zero-order chi connectivity index (χ0) is 10.1. The Hall–Kier alpha value is -0.900. The second kappa shape index (κ2) is 3.69. The van der Waals surface area contributed by atoms with E-state index in [1.54, 1.807) is 0 Å². The first-order valence-corrected chi connectivity index (χ1v) is 5.33. The molecule has 0 radical (unpaired) electrons. The molecule has 1 atom stereocenters. The molecule has 0 spiro atoms. The molecule has 1 saturated carbocycles. The van der Waals surface area contributed by atoms with Crippen LogP contribution in [0.1, 0.15) is 44.3 Å². The quantitative estimate of drug-likeness (QED) is 0.757. The molecule has 78 valence electrons. The van der Waals surface area contributed by atoms with E-state index in [1.165, 1.54) is 12.8 Å². The van der Waals surface area contributed by atoms with Gasteiger partial charge in [0.15, 0.2) is 5.82 Å². The fourth-order valence-electron chi connectivity index (χ4n) is 1.57. The van der Waals surface area contributed by atoms with Crippen LogP contribution in [0.4, 0.5) is 0 Å². The van der Waals surface area contributed by atoms with E-state index in [1.807, 2.05) is 0 Å². The van der Waals surface area contributed by atoms with Gasteiger partial charge in [-0.15, -0.1) is 0 Å². The van der Waals surface area contributed by atoms with E-state index >= 15 is 0 Å². The number of nitrogens with one attached hydrogen (secondary N) is 1. The van der Waals surface area contributed by atoms with E-state index in [0.29, 0.717) is 5.92 Å². The van der Waals surface area contributed by atoms with Gasteiger partial charge in [-0.05, 0) is 18.8 Å². The third-order valence-electron chi connectivity index (χ3n) is 2.72. The predicted octanol–water partition coefficient (Wildman–Crippen LogP) is 1.21. The van der Waals surface area contributed by atoms with Crippen LogP contribution in [0.25, 0.3) is 0 Å². The van der Waals surface area contributed by atoms with Gasteiger partial charge >= 0.3 is 0 Å². The molecule has 4 heteroatoms. The van der Waals surface area contributed by atoms with E-state index in [9.17, 15) is 0 Å². The first-order valence-electron chi connectivity index (χ1n) is 5.33. The molecule has 0 aromatic carbocycles. The largest absolute Gasteiger partial charge is 0.327 e.